The smallest absolute Gasteiger partial charge is 0.488 e. The Morgan fingerprint density at radius 2 is 1.10 bits per heavy atom. The van der Waals surface area contributed by atoms with Crippen LogP contribution in [0.15, 0.2) is 138 Å². The highest BCUT2D eigenvalue weighted by Crippen LogP contribution is 2.33. The summed E-state index contributed by atoms with van der Waals surface area (Å²) in [5.74, 6) is 0.748. The monoisotopic (exact) mass is 1050 g/mol. The lowest BCUT2D eigenvalue weighted by Gasteiger charge is -2.19. The Kier molecular flexibility index (Phi) is 20.9. The van der Waals surface area contributed by atoms with Gasteiger partial charge in [-0.25, -0.2) is 0 Å². The van der Waals surface area contributed by atoms with E-state index in [1.807, 2.05) is 80.6 Å². The Hall–Kier alpha value is -7.80. The first kappa shape index (κ1) is 56.1. The minimum atomic E-state index is -1.54. The number of amides is 4. The van der Waals surface area contributed by atoms with E-state index in [1.165, 1.54) is 19.2 Å². The van der Waals surface area contributed by atoms with Crippen molar-refractivity contribution in [1.82, 2.24) is 40.8 Å². The van der Waals surface area contributed by atoms with Crippen LogP contribution in [-0.2, 0) is 13.1 Å². The summed E-state index contributed by atoms with van der Waals surface area (Å²) in [4.78, 5) is 52.6. The Bertz CT molecular complexity index is 3140. The largest absolute Gasteiger partial charge is 0.493 e. The molecular weight excluding hydrogens is 991 g/mol. The zero-order valence-corrected chi connectivity index (χ0v) is 42.6. The molecule has 0 atom stereocenters. The third-order valence-corrected chi connectivity index (χ3v) is 12.0. The van der Waals surface area contributed by atoms with E-state index < -0.39 is 7.12 Å². The van der Waals surface area contributed by atoms with Crippen molar-refractivity contribution in [2.45, 2.75) is 47.2 Å². The number of halogens is 1. The van der Waals surface area contributed by atoms with E-state index in [0.29, 0.717) is 65.5 Å². The van der Waals surface area contributed by atoms with Crippen LogP contribution in [0.1, 0.15) is 86.7 Å². The Labute approximate surface area is 434 Å². The number of para-hydroxylation sites is 2. The predicted octanol–water partition coefficient (Wildman–Crippen LogP) is 8.40. The lowest BCUT2D eigenvalue weighted by Crippen LogP contribution is -2.31. The molecule has 18 heteroatoms. The number of carbonyl (C=O) groups is 4. The van der Waals surface area contributed by atoms with Crippen LogP contribution in [0.25, 0.3) is 32.9 Å². The fourth-order valence-corrected chi connectivity index (χ4v) is 7.92. The number of rotatable bonds is 16. The molecule has 73 heavy (non-hydrogen) atoms. The highest BCUT2D eigenvalue weighted by atomic mass is 79.9. The number of aromatic amines is 2. The van der Waals surface area contributed by atoms with Crippen molar-refractivity contribution in [1.29, 1.82) is 0 Å². The summed E-state index contributed by atoms with van der Waals surface area (Å²) < 4.78 is 12.6. The van der Waals surface area contributed by atoms with Crippen molar-refractivity contribution in [3.8, 4) is 22.6 Å². The van der Waals surface area contributed by atoms with Gasteiger partial charge in [0.05, 0.1) is 41.1 Å². The highest BCUT2D eigenvalue weighted by molar-refractivity contribution is 9.10. The maximum absolute atomic E-state index is 13.3. The number of nitrogens with zero attached hydrogens (tertiary/aromatic N) is 4. The summed E-state index contributed by atoms with van der Waals surface area (Å²) in [6.07, 6.45) is 5.31. The fourth-order valence-electron chi connectivity index (χ4n) is 7.56. The second kappa shape index (κ2) is 27.1. The van der Waals surface area contributed by atoms with Gasteiger partial charge in [0.25, 0.3) is 23.6 Å². The Balaban J connectivity index is 0.000000222. The van der Waals surface area contributed by atoms with Crippen LogP contribution in [0.3, 0.4) is 0 Å². The molecule has 2 heterocycles. The third kappa shape index (κ3) is 14.7. The summed E-state index contributed by atoms with van der Waals surface area (Å²) >= 11 is 3.46. The van der Waals surface area contributed by atoms with Gasteiger partial charge in [-0.2, -0.15) is 10.2 Å². The lowest BCUT2D eigenvalue weighted by molar-refractivity contribution is 0.0778. The molecule has 0 bridgehead atoms. The van der Waals surface area contributed by atoms with E-state index in [1.54, 1.807) is 85.8 Å². The molecule has 2 aromatic heterocycles. The van der Waals surface area contributed by atoms with E-state index in [2.05, 4.69) is 47.0 Å². The maximum Gasteiger partial charge on any atom is 0.488 e. The molecule has 0 saturated carbocycles. The molecule has 8 rings (SSSR count). The number of hydrogen-bond acceptors (Lipinski definition) is 10. The van der Waals surface area contributed by atoms with E-state index in [4.69, 9.17) is 19.5 Å². The van der Waals surface area contributed by atoms with Crippen LogP contribution in [0, 0.1) is 0 Å². The average molecular weight is 1050 g/mol. The van der Waals surface area contributed by atoms with Crippen LogP contribution in [0.4, 0.5) is 0 Å². The molecule has 0 radical (unpaired) electrons. The zero-order valence-electron chi connectivity index (χ0n) is 41.0. The van der Waals surface area contributed by atoms with Crippen molar-refractivity contribution in [2.75, 3.05) is 41.4 Å². The fraction of sp³-hybridized carbons (Fsp3) is 0.236. The molecule has 6 aromatic carbocycles. The summed E-state index contributed by atoms with van der Waals surface area (Å²) in [6.45, 7) is 6.17. The number of carbonyl (C=O) groups excluding carboxylic acids is 4. The average Bonchev–Trinajstić information content (AvgIpc) is 4.11. The molecule has 0 saturated heterocycles. The predicted molar refractivity (Wildman–Crippen MR) is 291 cm³/mol. The van der Waals surface area contributed by atoms with Crippen LogP contribution in [-0.4, -0.2) is 112 Å². The Morgan fingerprint density at radius 3 is 1.62 bits per heavy atom. The van der Waals surface area contributed by atoms with Gasteiger partial charge >= 0.3 is 7.12 Å². The summed E-state index contributed by atoms with van der Waals surface area (Å²) in [5.41, 5.74) is 8.03. The van der Waals surface area contributed by atoms with E-state index >= 15 is 0 Å². The molecule has 0 aliphatic rings. The van der Waals surface area contributed by atoms with Crippen molar-refractivity contribution in [3.05, 3.63) is 172 Å². The standard InChI is InChI=1S/C27H28N4O3.C19H20BrN3O2.C8H10BNO3.CH4/c1-4-13-34-24-15-20(11-12-23(24)18-7-5-8-19(14-18)26(32)28-2)27(33)31(3)17-22-10-6-9-21-16-29-30-25(21)22;1-3-9-25-17-10-13(7-8-16(17)20)19(24)23(2)12-15-6-4-5-14-11-21-22-18(14)15;1-10-8(11)6-3-2-4-7(5-6)9(12)13;/h5-12,14-16H,4,13,17H2,1-3H3,(H,28,32)(H,29,30);4-8,10-11H,3,9,12H2,1-2H3,(H,21,22);2-5,12-13H,1H3,(H,10,11);1H4. The summed E-state index contributed by atoms with van der Waals surface area (Å²) in [5, 5.41) is 39.0. The number of nitrogens with one attached hydrogen (secondary N) is 4. The van der Waals surface area contributed by atoms with Crippen molar-refractivity contribution >= 4 is 73.9 Å². The zero-order chi connectivity index (χ0) is 51.7. The molecule has 0 spiro atoms. The number of H-pyrrole nitrogens is 2. The van der Waals surface area contributed by atoms with Crippen LogP contribution >= 0.6 is 15.9 Å². The van der Waals surface area contributed by atoms with Gasteiger partial charge in [-0.05, 0) is 112 Å². The van der Waals surface area contributed by atoms with Gasteiger partial charge in [0.1, 0.15) is 11.5 Å². The first-order valence-corrected chi connectivity index (χ1v) is 24.1. The van der Waals surface area contributed by atoms with Gasteiger partial charge in [0.15, 0.2) is 0 Å². The maximum atomic E-state index is 13.3. The van der Waals surface area contributed by atoms with E-state index in [-0.39, 0.29) is 31.1 Å². The minimum Gasteiger partial charge on any atom is -0.493 e. The van der Waals surface area contributed by atoms with Crippen LogP contribution in [0.2, 0.25) is 0 Å². The van der Waals surface area contributed by atoms with Gasteiger partial charge in [-0.1, -0.05) is 81.9 Å². The number of hydrogen-bond donors (Lipinski definition) is 6. The number of aromatic nitrogens is 4. The minimum absolute atomic E-state index is 0. The lowest BCUT2D eigenvalue weighted by atomic mass is 9.79. The van der Waals surface area contributed by atoms with Gasteiger partial charge in [-0.3, -0.25) is 29.4 Å². The second-order valence-corrected chi connectivity index (χ2v) is 17.5. The quantitative estimate of drug-likeness (QED) is 0.0508. The normalized spacial score (nSPS) is 10.4. The molecule has 4 amide bonds. The van der Waals surface area contributed by atoms with Crippen LogP contribution in [0.5, 0.6) is 11.5 Å². The van der Waals surface area contributed by atoms with Gasteiger partial charge in [0, 0.05) is 79.9 Å². The molecule has 8 aromatic rings. The molecule has 0 unspecified atom stereocenters. The molecule has 0 aliphatic carbocycles. The van der Waals surface area contributed by atoms with E-state index in [9.17, 15) is 19.2 Å². The number of fused-ring (bicyclic) bond motifs is 2. The molecular formula is C55H62BBrN8O8. The summed E-state index contributed by atoms with van der Waals surface area (Å²) in [7, 11) is 5.17. The van der Waals surface area contributed by atoms with Gasteiger partial charge < -0.3 is 40.0 Å². The molecule has 16 nitrogen and oxygen atoms in total. The molecule has 0 aliphatic heterocycles. The van der Waals surface area contributed by atoms with Gasteiger partial charge in [0.2, 0.25) is 0 Å². The molecule has 380 valence electrons. The topological polar surface area (TPSA) is 215 Å². The Morgan fingerprint density at radius 1 is 0.616 bits per heavy atom. The first-order valence-electron chi connectivity index (χ1n) is 23.3. The van der Waals surface area contributed by atoms with Crippen molar-refractivity contribution in [3.63, 3.8) is 0 Å². The molecule has 6 N–H and O–H groups in total. The molecule has 0 fully saturated rings. The van der Waals surface area contributed by atoms with Crippen molar-refractivity contribution < 1.29 is 38.7 Å². The van der Waals surface area contributed by atoms with Gasteiger partial charge in [-0.15, -0.1) is 0 Å². The van der Waals surface area contributed by atoms with Crippen molar-refractivity contribution in [2.24, 2.45) is 0 Å². The summed E-state index contributed by atoms with van der Waals surface area (Å²) in [6, 6.07) is 36.3. The number of ether oxygens (including phenoxy) is 2. The number of benzene rings is 6. The first-order chi connectivity index (χ1) is 34.8. The van der Waals surface area contributed by atoms with Crippen LogP contribution < -0.4 is 25.6 Å². The third-order valence-electron chi connectivity index (χ3n) is 11.3. The SMILES string of the molecule is C.CCCOc1cc(C(=O)N(C)Cc2cccc3cn[nH]c23)ccc1-c1cccc(C(=O)NC)c1.CCCOc1cc(C(=O)N(C)Cc2cccc3cn[nH]c23)ccc1Br.CNC(=O)c1cccc(B(O)O)c1. The highest BCUT2D eigenvalue weighted by Gasteiger charge is 2.19. The second-order valence-electron chi connectivity index (χ2n) is 16.6. The van der Waals surface area contributed by atoms with E-state index in [0.717, 1.165) is 61.4 Å².